The van der Waals surface area contributed by atoms with Gasteiger partial charge < -0.3 is 10.4 Å². The zero-order valence-corrected chi connectivity index (χ0v) is 7.49. The van der Waals surface area contributed by atoms with Crippen LogP contribution in [0.1, 0.15) is 19.8 Å². The van der Waals surface area contributed by atoms with Gasteiger partial charge in [-0.15, -0.1) is 0 Å². The number of hydrogen-bond donors (Lipinski definition) is 2. The Balaban J connectivity index is 2.46. The molecule has 13 heavy (non-hydrogen) atoms. The van der Waals surface area contributed by atoms with Gasteiger partial charge in [0.1, 0.15) is 5.54 Å². The number of nitrogens with one attached hydrogen (secondary N) is 1. The van der Waals surface area contributed by atoms with Crippen molar-refractivity contribution in [3.8, 4) is 0 Å². The van der Waals surface area contributed by atoms with E-state index < -0.39 is 18.3 Å². The van der Waals surface area contributed by atoms with Gasteiger partial charge in [-0.1, -0.05) is 0 Å². The quantitative estimate of drug-likeness (QED) is 0.712. The van der Waals surface area contributed by atoms with Crippen LogP contribution in [0.2, 0.25) is 0 Å². The fourth-order valence-electron chi connectivity index (χ4n) is 0.937. The van der Waals surface area contributed by atoms with Crippen molar-refractivity contribution in [1.82, 2.24) is 5.32 Å². The largest absolute Gasteiger partial charge is 0.408 e. The molecule has 0 aromatic heterocycles. The third-order valence-corrected chi connectivity index (χ3v) is 2.42. The summed E-state index contributed by atoms with van der Waals surface area (Å²) < 4.78 is 37.1. The zero-order chi connectivity index (χ0) is 10.1. The number of alkyl halides is 3. The number of rotatable bonds is 4. The smallest absolute Gasteiger partial charge is 0.394 e. The van der Waals surface area contributed by atoms with Gasteiger partial charge in [-0.25, -0.2) is 0 Å². The third-order valence-electron chi connectivity index (χ3n) is 2.42. The Hall–Kier alpha value is -0.290. The van der Waals surface area contributed by atoms with Crippen LogP contribution < -0.4 is 5.32 Å². The van der Waals surface area contributed by atoms with Gasteiger partial charge in [0.15, 0.2) is 0 Å². The Morgan fingerprint density at radius 3 is 2.23 bits per heavy atom. The molecule has 1 atom stereocenters. The molecule has 2 nitrogen and oxygen atoms in total. The molecule has 0 amide bonds. The first-order valence-corrected chi connectivity index (χ1v) is 4.32. The van der Waals surface area contributed by atoms with Gasteiger partial charge in [-0.3, -0.25) is 0 Å². The third kappa shape index (κ3) is 2.57. The van der Waals surface area contributed by atoms with Crippen molar-refractivity contribution in [3.05, 3.63) is 0 Å². The van der Waals surface area contributed by atoms with E-state index in [1.165, 1.54) is 0 Å². The van der Waals surface area contributed by atoms with Crippen molar-refractivity contribution in [2.45, 2.75) is 31.5 Å². The van der Waals surface area contributed by atoms with Crippen LogP contribution in [0.15, 0.2) is 0 Å². The predicted molar refractivity (Wildman–Crippen MR) is 42.3 cm³/mol. The molecule has 0 spiro atoms. The van der Waals surface area contributed by atoms with Crippen LogP contribution in [0.25, 0.3) is 0 Å². The van der Waals surface area contributed by atoms with Gasteiger partial charge in [-0.05, 0) is 32.2 Å². The van der Waals surface area contributed by atoms with Crippen molar-refractivity contribution in [3.63, 3.8) is 0 Å². The van der Waals surface area contributed by atoms with E-state index in [9.17, 15) is 13.2 Å². The molecule has 0 aromatic rings. The number of hydrogen-bond acceptors (Lipinski definition) is 2. The molecule has 5 heteroatoms. The summed E-state index contributed by atoms with van der Waals surface area (Å²) in [6, 6.07) is 0. The second kappa shape index (κ2) is 3.46. The maximum Gasteiger partial charge on any atom is 0.408 e. The number of aliphatic hydroxyl groups is 1. The van der Waals surface area contributed by atoms with Crippen LogP contribution in [0.5, 0.6) is 0 Å². The number of halogens is 3. The Labute approximate surface area is 75.1 Å². The van der Waals surface area contributed by atoms with Gasteiger partial charge in [0.2, 0.25) is 0 Å². The first kappa shape index (κ1) is 10.8. The fourth-order valence-corrected chi connectivity index (χ4v) is 0.937. The molecule has 0 bridgehead atoms. The lowest BCUT2D eigenvalue weighted by Gasteiger charge is -2.31. The maximum atomic E-state index is 12.4. The lowest BCUT2D eigenvalue weighted by molar-refractivity contribution is -0.201. The Morgan fingerprint density at radius 1 is 1.38 bits per heavy atom. The molecule has 1 fully saturated rings. The van der Waals surface area contributed by atoms with Crippen LogP contribution in [-0.2, 0) is 0 Å². The van der Waals surface area contributed by atoms with E-state index >= 15 is 0 Å². The van der Waals surface area contributed by atoms with E-state index in [4.69, 9.17) is 5.11 Å². The molecule has 0 aromatic carbocycles. The van der Waals surface area contributed by atoms with Crippen LogP contribution in [0.4, 0.5) is 13.2 Å². The normalized spacial score (nSPS) is 22.8. The minimum Gasteiger partial charge on any atom is -0.394 e. The monoisotopic (exact) mass is 197 g/mol. The van der Waals surface area contributed by atoms with Crippen molar-refractivity contribution in [2.75, 3.05) is 13.2 Å². The second-order valence-electron chi connectivity index (χ2n) is 3.81. The molecule has 0 heterocycles. The van der Waals surface area contributed by atoms with Gasteiger partial charge in [0.05, 0.1) is 6.61 Å². The average molecular weight is 197 g/mol. The summed E-state index contributed by atoms with van der Waals surface area (Å²) in [5.74, 6) is 0.369. The molecule has 0 saturated heterocycles. The summed E-state index contributed by atoms with van der Waals surface area (Å²) >= 11 is 0. The highest BCUT2D eigenvalue weighted by atomic mass is 19.4. The molecular weight excluding hydrogens is 183 g/mol. The molecule has 1 aliphatic rings. The Kier molecular flexibility index (Phi) is 2.87. The van der Waals surface area contributed by atoms with Crippen LogP contribution in [-0.4, -0.2) is 30.0 Å². The van der Waals surface area contributed by atoms with Crippen molar-refractivity contribution in [1.29, 1.82) is 0 Å². The molecule has 0 radical (unpaired) electrons. The first-order chi connectivity index (χ1) is 5.89. The van der Waals surface area contributed by atoms with Crippen LogP contribution in [0.3, 0.4) is 0 Å². The van der Waals surface area contributed by atoms with Crippen LogP contribution >= 0.6 is 0 Å². The summed E-state index contributed by atoms with van der Waals surface area (Å²) in [6.45, 7) is 0.412. The average Bonchev–Trinajstić information content (AvgIpc) is 2.81. The fraction of sp³-hybridized carbons (Fsp3) is 1.00. The summed E-state index contributed by atoms with van der Waals surface area (Å²) in [6.07, 6.45) is -2.41. The van der Waals surface area contributed by atoms with Crippen molar-refractivity contribution >= 4 is 0 Å². The topological polar surface area (TPSA) is 32.3 Å². The highest BCUT2D eigenvalue weighted by Crippen LogP contribution is 2.32. The minimum absolute atomic E-state index is 0.344. The molecule has 1 unspecified atom stereocenters. The van der Waals surface area contributed by atoms with E-state index in [0.29, 0.717) is 12.5 Å². The predicted octanol–water partition coefficient (Wildman–Crippen LogP) is 1.30. The summed E-state index contributed by atoms with van der Waals surface area (Å²) in [5, 5.41) is 11.0. The first-order valence-electron chi connectivity index (χ1n) is 4.32. The van der Waals surface area contributed by atoms with Crippen molar-refractivity contribution < 1.29 is 18.3 Å². The van der Waals surface area contributed by atoms with Gasteiger partial charge >= 0.3 is 6.18 Å². The summed E-state index contributed by atoms with van der Waals surface area (Å²) in [4.78, 5) is 0. The zero-order valence-electron chi connectivity index (χ0n) is 7.49. The van der Waals surface area contributed by atoms with E-state index in [1.54, 1.807) is 0 Å². The Bertz CT molecular complexity index is 179. The molecule has 1 aliphatic carbocycles. The van der Waals surface area contributed by atoms with E-state index in [0.717, 1.165) is 19.8 Å². The van der Waals surface area contributed by atoms with E-state index in [2.05, 4.69) is 5.32 Å². The molecule has 1 saturated carbocycles. The SMILES string of the molecule is CC(CO)(NCC1CC1)C(F)(F)F. The lowest BCUT2D eigenvalue weighted by Crippen LogP contribution is -2.57. The lowest BCUT2D eigenvalue weighted by atomic mass is 10.0. The van der Waals surface area contributed by atoms with E-state index in [-0.39, 0.29) is 0 Å². The maximum absolute atomic E-state index is 12.4. The van der Waals surface area contributed by atoms with Crippen molar-refractivity contribution in [2.24, 2.45) is 5.92 Å². The highest BCUT2D eigenvalue weighted by Gasteiger charge is 2.50. The van der Waals surface area contributed by atoms with Gasteiger partial charge in [-0.2, -0.15) is 13.2 Å². The standard InChI is InChI=1S/C8H14F3NO/c1-7(5-13,8(9,10)11)12-4-6-2-3-6/h6,12-13H,2-5H2,1H3. The molecular formula is C8H14F3NO. The van der Waals surface area contributed by atoms with Crippen LogP contribution in [0, 0.1) is 5.92 Å². The van der Waals surface area contributed by atoms with E-state index in [1.807, 2.05) is 0 Å². The molecule has 0 aliphatic heterocycles. The van der Waals surface area contributed by atoms with Gasteiger partial charge in [0, 0.05) is 0 Å². The summed E-state index contributed by atoms with van der Waals surface area (Å²) in [7, 11) is 0. The molecule has 1 rings (SSSR count). The minimum atomic E-state index is -4.39. The highest BCUT2D eigenvalue weighted by molar-refractivity contribution is 4.92. The second-order valence-corrected chi connectivity index (χ2v) is 3.81. The van der Waals surface area contributed by atoms with Gasteiger partial charge in [0.25, 0.3) is 0 Å². The molecule has 2 N–H and O–H groups in total. The molecule has 78 valence electrons. The summed E-state index contributed by atoms with van der Waals surface area (Å²) in [5.41, 5.74) is -2.14. The Morgan fingerprint density at radius 2 is 1.92 bits per heavy atom. The number of aliphatic hydroxyl groups excluding tert-OH is 1.